The standard InChI is InChI=1S/C54H107NO9/c1-3-5-7-9-11-13-15-17-18-19-20-21-22-23-24-25-26-27-28-29-30-31-33-35-37-39-41-43-49(58)55-46(45-63-54-53(62)52(61)51(60)48(44-56)64-54)50(59)47(57)42-40-38-36-34-32-16-14-12-10-8-6-4-2/h46-48,50-54,56-57,59-62H,3-45H2,1-2H3,(H,55,58)/t46-,47+,48+,50-,51+,52?,53?,54+/m0/s1. The summed E-state index contributed by atoms with van der Waals surface area (Å²) in [5, 5.41) is 65.4. The van der Waals surface area contributed by atoms with E-state index in [0.717, 1.165) is 38.5 Å². The summed E-state index contributed by atoms with van der Waals surface area (Å²) in [5.41, 5.74) is 0. The molecule has 1 fully saturated rings. The third-order valence-corrected chi connectivity index (χ3v) is 13.8. The SMILES string of the molecule is CCCCCCCCCCCCCCCCCCCCCCCCCCCCCC(=O)N[C@@H](CO[C@@H]1O[C@H](CO)[C@@H](O)C(O)C1O)[C@H](O)[C@H](O)CCCCCCCCCCCCCC. The highest BCUT2D eigenvalue weighted by Gasteiger charge is 2.44. The Bertz CT molecular complexity index is 988. The van der Waals surface area contributed by atoms with Gasteiger partial charge in [-0.15, -0.1) is 0 Å². The van der Waals surface area contributed by atoms with E-state index in [9.17, 15) is 35.4 Å². The lowest BCUT2D eigenvalue weighted by atomic mass is 9.98. The minimum absolute atomic E-state index is 0.251. The van der Waals surface area contributed by atoms with Gasteiger partial charge in [0.2, 0.25) is 5.91 Å². The number of aliphatic hydroxyl groups excluding tert-OH is 6. The van der Waals surface area contributed by atoms with Gasteiger partial charge in [0, 0.05) is 6.42 Å². The summed E-state index contributed by atoms with van der Waals surface area (Å²) in [6, 6.07) is -0.985. The van der Waals surface area contributed by atoms with Crippen molar-refractivity contribution in [1.82, 2.24) is 5.32 Å². The molecular weight excluding hydrogens is 807 g/mol. The molecule has 382 valence electrons. The molecule has 10 heteroatoms. The highest BCUT2D eigenvalue weighted by Crippen LogP contribution is 2.23. The van der Waals surface area contributed by atoms with Crippen molar-refractivity contribution in [3.05, 3.63) is 0 Å². The molecule has 0 aliphatic carbocycles. The number of carbonyl (C=O) groups is 1. The van der Waals surface area contributed by atoms with Crippen LogP contribution in [-0.2, 0) is 14.3 Å². The van der Waals surface area contributed by atoms with Gasteiger partial charge in [-0.1, -0.05) is 258 Å². The third kappa shape index (κ3) is 33.6. The van der Waals surface area contributed by atoms with Gasteiger partial charge in [0.15, 0.2) is 6.29 Å². The number of hydrogen-bond donors (Lipinski definition) is 7. The van der Waals surface area contributed by atoms with Gasteiger partial charge in [-0.25, -0.2) is 0 Å². The second kappa shape index (κ2) is 44.6. The minimum atomic E-state index is -1.60. The van der Waals surface area contributed by atoms with E-state index >= 15 is 0 Å². The topological polar surface area (TPSA) is 169 Å². The number of nitrogens with one attached hydrogen (secondary N) is 1. The number of ether oxygens (including phenoxy) is 2. The third-order valence-electron chi connectivity index (χ3n) is 13.8. The Kier molecular flexibility index (Phi) is 42.7. The smallest absolute Gasteiger partial charge is 0.220 e. The molecule has 0 saturated carbocycles. The van der Waals surface area contributed by atoms with E-state index in [0.29, 0.717) is 6.42 Å². The maximum Gasteiger partial charge on any atom is 0.220 e. The summed E-state index contributed by atoms with van der Waals surface area (Å²) in [7, 11) is 0. The Hall–Kier alpha value is -0.850. The summed E-state index contributed by atoms with van der Waals surface area (Å²) in [6.07, 6.45) is 41.3. The molecule has 2 unspecified atom stereocenters. The number of amides is 1. The van der Waals surface area contributed by atoms with Crippen LogP contribution < -0.4 is 5.32 Å². The highest BCUT2D eigenvalue weighted by molar-refractivity contribution is 5.76. The summed E-state index contributed by atoms with van der Waals surface area (Å²) in [4.78, 5) is 13.1. The van der Waals surface area contributed by atoms with E-state index in [1.807, 2.05) is 0 Å². The molecule has 8 atom stereocenters. The molecule has 1 saturated heterocycles. The van der Waals surface area contributed by atoms with Crippen LogP contribution in [0, 0.1) is 0 Å². The molecule has 1 aliphatic rings. The zero-order valence-corrected chi connectivity index (χ0v) is 41.9. The molecule has 10 nitrogen and oxygen atoms in total. The fourth-order valence-electron chi connectivity index (χ4n) is 9.32. The Labute approximate surface area is 394 Å². The van der Waals surface area contributed by atoms with Crippen molar-refractivity contribution in [2.45, 2.75) is 326 Å². The maximum atomic E-state index is 13.1. The van der Waals surface area contributed by atoms with Gasteiger partial charge in [0.1, 0.15) is 30.5 Å². The predicted octanol–water partition coefficient (Wildman–Crippen LogP) is 12.0. The lowest BCUT2D eigenvalue weighted by Crippen LogP contribution is -2.60. The quantitative estimate of drug-likeness (QED) is 0.0294. The average molecular weight is 914 g/mol. The lowest BCUT2D eigenvalue weighted by Gasteiger charge is -2.40. The highest BCUT2D eigenvalue weighted by atomic mass is 16.7. The molecule has 0 spiro atoms. The Morgan fingerprint density at radius 1 is 0.484 bits per heavy atom. The van der Waals surface area contributed by atoms with Gasteiger partial charge in [-0.2, -0.15) is 0 Å². The van der Waals surface area contributed by atoms with Crippen molar-refractivity contribution in [2.75, 3.05) is 13.2 Å². The second-order valence-corrected chi connectivity index (χ2v) is 19.9. The summed E-state index contributed by atoms with van der Waals surface area (Å²) < 4.78 is 11.2. The fourth-order valence-corrected chi connectivity index (χ4v) is 9.32. The van der Waals surface area contributed by atoms with Crippen LogP contribution in [-0.4, -0.2) is 98.7 Å². The largest absolute Gasteiger partial charge is 0.394 e. The van der Waals surface area contributed by atoms with E-state index in [2.05, 4.69) is 19.2 Å². The van der Waals surface area contributed by atoms with Crippen LogP contribution in [0.3, 0.4) is 0 Å². The molecular formula is C54H107NO9. The first-order chi connectivity index (χ1) is 31.3. The number of unbranched alkanes of at least 4 members (excludes halogenated alkanes) is 37. The van der Waals surface area contributed by atoms with Crippen molar-refractivity contribution in [3.8, 4) is 0 Å². The van der Waals surface area contributed by atoms with E-state index in [-0.39, 0.29) is 18.9 Å². The Balaban J connectivity index is 2.19. The average Bonchev–Trinajstić information content (AvgIpc) is 3.29. The Morgan fingerprint density at radius 2 is 0.812 bits per heavy atom. The lowest BCUT2D eigenvalue weighted by molar-refractivity contribution is -0.303. The van der Waals surface area contributed by atoms with Crippen molar-refractivity contribution in [2.24, 2.45) is 0 Å². The van der Waals surface area contributed by atoms with Crippen LogP contribution in [0.4, 0.5) is 0 Å². The zero-order chi connectivity index (χ0) is 46.7. The van der Waals surface area contributed by atoms with Crippen LogP contribution >= 0.6 is 0 Å². The number of rotatable bonds is 48. The summed E-state index contributed by atoms with van der Waals surface area (Å²) in [6.45, 7) is 3.64. The monoisotopic (exact) mass is 914 g/mol. The second-order valence-electron chi connectivity index (χ2n) is 19.9. The normalized spacial score (nSPS) is 20.4. The predicted molar refractivity (Wildman–Crippen MR) is 264 cm³/mol. The fraction of sp³-hybridized carbons (Fsp3) is 0.981. The molecule has 64 heavy (non-hydrogen) atoms. The molecule has 0 bridgehead atoms. The molecule has 0 aromatic heterocycles. The van der Waals surface area contributed by atoms with Gasteiger partial charge in [0.25, 0.3) is 0 Å². The van der Waals surface area contributed by atoms with E-state index in [1.54, 1.807) is 0 Å². The molecule has 0 radical (unpaired) electrons. The zero-order valence-electron chi connectivity index (χ0n) is 41.9. The van der Waals surface area contributed by atoms with Gasteiger partial charge < -0.3 is 45.4 Å². The van der Waals surface area contributed by atoms with Crippen molar-refractivity contribution >= 4 is 5.91 Å². The van der Waals surface area contributed by atoms with Crippen LogP contribution in [0.2, 0.25) is 0 Å². The van der Waals surface area contributed by atoms with Crippen LogP contribution in [0.5, 0.6) is 0 Å². The number of hydrogen-bond acceptors (Lipinski definition) is 9. The van der Waals surface area contributed by atoms with E-state index in [1.165, 1.54) is 212 Å². The number of carbonyl (C=O) groups excluding carboxylic acids is 1. The molecule has 7 N–H and O–H groups in total. The molecule has 0 aromatic carbocycles. The van der Waals surface area contributed by atoms with Gasteiger partial charge >= 0.3 is 0 Å². The number of aliphatic hydroxyl groups is 6. The molecule has 1 aliphatic heterocycles. The van der Waals surface area contributed by atoms with E-state index in [4.69, 9.17) is 9.47 Å². The van der Waals surface area contributed by atoms with Gasteiger partial charge in [-0.3, -0.25) is 4.79 Å². The summed E-state index contributed by atoms with van der Waals surface area (Å²) >= 11 is 0. The van der Waals surface area contributed by atoms with E-state index < -0.39 is 55.6 Å². The van der Waals surface area contributed by atoms with Crippen molar-refractivity contribution in [1.29, 1.82) is 0 Å². The first-order valence-corrected chi connectivity index (χ1v) is 27.8. The summed E-state index contributed by atoms with van der Waals surface area (Å²) in [5.74, 6) is -0.251. The minimum Gasteiger partial charge on any atom is -0.394 e. The van der Waals surface area contributed by atoms with Crippen LogP contribution in [0.1, 0.15) is 277 Å². The molecule has 1 heterocycles. The van der Waals surface area contributed by atoms with Crippen molar-refractivity contribution in [3.63, 3.8) is 0 Å². The maximum absolute atomic E-state index is 13.1. The first-order valence-electron chi connectivity index (χ1n) is 27.8. The van der Waals surface area contributed by atoms with Gasteiger partial charge in [0.05, 0.1) is 25.4 Å². The molecule has 0 aromatic rings. The Morgan fingerprint density at radius 3 is 1.16 bits per heavy atom. The van der Waals surface area contributed by atoms with Crippen molar-refractivity contribution < 1.29 is 44.9 Å². The molecule has 1 rings (SSSR count). The van der Waals surface area contributed by atoms with Crippen LogP contribution in [0.25, 0.3) is 0 Å². The molecule has 1 amide bonds. The first kappa shape index (κ1) is 61.2. The van der Waals surface area contributed by atoms with Crippen LogP contribution in [0.15, 0.2) is 0 Å². The van der Waals surface area contributed by atoms with Gasteiger partial charge in [-0.05, 0) is 12.8 Å².